The maximum Gasteiger partial charge on any atom is 0.437 e. The van der Waals surface area contributed by atoms with E-state index in [0.717, 1.165) is 55.6 Å². The van der Waals surface area contributed by atoms with E-state index in [1.54, 1.807) is 12.1 Å². The van der Waals surface area contributed by atoms with Crippen molar-refractivity contribution in [2.24, 2.45) is 0 Å². The van der Waals surface area contributed by atoms with Crippen LogP contribution in [0.3, 0.4) is 0 Å². The van der Waals surface area contributed by atoms with Crippen LogP contribution in [-0.4, -0.2) is 72.4 Å². The number of hydrogen-bond acceptors (Lipinski definition) is 5. The summed E-state index contributed by atoms with van der Waals surface area (Å²) in [7, 11) is 0. The Morgan fingerprint density at radius 1 is 1.00 bits per heavy atom. The quantitative estimate of drug-likeness (QED) is 0.269. The van der Waals surface area contributed by atoms with Gasteiger partial charge in [-0.3, -0.25) is 9.69 Å². The number of benzene rings is 2. The highest BCUT2D eigenvalue weighted by Crippen LogP contribution is 2.45. The molecule has 1 amide bonds. The fourth-order valence-corrected chi connectivity index (χ4v) is 8.16. The molecule has 12 heteroatoms. The smallest absolute Gasteiger partial charge is 0.337 e. The molecule has 0 spiro atoms. The molecule has 4 aromatic rings. The molecule has 1 N–H and O–H groups in total. The van der Waals surface area contributed by atoms with Gasteiger partial charge in [0.15, 0.2) is 11.4 Å². The van der Waals surface area contributed by atoms with Crippen molar-refractivity contribution in [3.05, 3.63) is 77.1 Å². The van der Waals surface area contributed by atoms with Gasteiger partial charge in [0.25, 0.3) is 5.91 Å². The maximum absolute atomic E-state index is 14.5. The molecule has 1 unspecified atom stereocenters. The lowest BCUT2D eigenvalue weighted by molar-refractivity contribution is -0.141. The Morgan fingerprint density at radius 3 is 2.43 bits per heavy atom. The van der Waals surface area contributed by atoms with Crippen LogP contribution in [0.1, 0.15) is 78.6 Å². The molecule has 2 bridgehead atoms. The van der Waals surface area contributed by atoms with E-state index in [0.29, 0.717) is 31.0 Å². The maximum atomic E-state index is 14.5. The van der Waals surface area contributed by atoms with E-state index >= 15 is 0 Å². The van der Waals surface area contributed by atoms with Gasteiger partial charge in [0, 0.05) is 31.2 Å². The van der Waals surface area contributed by atoms with Crippen LogP contribution in [0.4, 0.5) is 17.6 Å². The van der Waals surface area contributed by atoms with Crippen LogP contribution < -0.4 is 0 Å². The van der Waals surface area contributed by atoms with E-state index in [-0.39, 0.29) is 18.9 Å². The molecule has 3 aliphatic rings. The third kappa shape index (κ3) is 5.06. The standard InChI is InChI=1S/C32H35F4N7O/c1-20-37-26-7-2-3-8-27(26)43(20)25-18-23-9-10-24(19-25)42(23)16-13-31(21-5-4-6-22(33)17-21)11-14-41(15-12-31)30(44)28-29(32(34,35)36)39-40-38-28/h2-8,17,23-25H,9-16,18-19H2,1H3,(H,38,39,40)/t23-,24+,25?. The van der Waals surface area contributed by atoms with Crippen LogP contribution >= 0.6 is 0 Å². The number of para-hydroxylation sites is 2. The summed E-state index contributed by atoms with van der Waals surface area (Å²) in [4.78, 5) is 21.9. The van der Waals surface area contributed by atoms with Gasteiger partial charge in [-0.05, 0) is 93.7 Å². The number of aryl methyl sites for hydroxylation is 1. The first-order valence-electron chi connectivity index (χ1n) is 15.4. The van der Waals surface area contributed by atoms with Gasteiger partial charge in [-0.25, -0.2) is 9.37 Å². The summed E-state index contributed by atoms with van der Waals surface area (Å²) in [6.45, 7) is 3.43. The number of aromatic nitrogens is 5. The van der Waals surface area contributed by atoms with Crippen molar-refractivity contribution < 1.29 is 22.4 Å². The summed E-state index contributed by atoms with van der Waals surface area (Å²) in [6.07, 6.45) is 1.42. The number of carbonyl (C=O) groups excluding carboxylic acids is 1. The van der Waals surface area contributed by atoms with Gasteiger partial charge in [-0.1, -0.05) is 24.3 Å². The summed E-state index contributed by atoms with van der Waals surface area (Å²) in [5, 5.41) is 8.64. The number of piperidine rings is 2. The Bertz CT molecular complexity index is 1660. The number of nitrogens with one attached hydrogen (secondary N) is 1. The van der Waals surface area contributed by atoms with Gasteiger partial charge in [0.2, 0.25) is 0 Å². The summed E-state index contributed by atoms with van der Waals surface area (Å²) in [5.41, 5.74) is 0.674. The first-order chi connectivity index (χ1) is 21.1. The second-order valence-electron chi connectivity index (χ2n) is 12.6. The Balaban J connectivity index is 1.08. The number of carbonyl (C=O) groups is 1. The number of likely N-dealkylation sites (tertiary alicyclic amines) is 1. The highest BCUT2D eigenvalue weighted by Gasteiger charge is 2.46. The predicted octanol–water partition coefficient (Wildman–Crippen LogP) is 6.05. The molecule has 5 heterocycles. The van der Waals surface area contributed by atoms with E-state index < -0.39 is 28.9 Å². The molecule has 3 saturated heterocycles. The van der Waals surface area contributed by atoms with Crippen molar-refractivity contribution in [3.63, 3.8) is 0 Å². The van der Waals surface area contributed by atoms with Crippen molar-refractivity contribution in [1.29, 1.82) is 0 Å². The van der Waals surface area contributed by atoms with Crippen LogP contribution in [0.5, 0.6) is 0 Å². The minimum atomic E-state index is -4.78. The van der Waals surface area contributed by atoms with Crippen molar-refractivity contribution in [2.45, 2.75) is 81.6 Å². The Kier molecular flexibility index (Phi) is 7.22. The van der Waals surface area contributed by atoms with Gasteiger partial charge in [-0.15, -0.1) is 0 Å². The SMILES string of the molecule is Cc1nc2ccccc2n1C1C[C@H]2CC[C@@H](C1)N2CCC1(c2cccc(F)c2)CCN(C(=O)c2n[nH]nc2C(F)(F)F)CC1. The molecular weight excluding hydrogens is 574 g/mol. The third-order valence-electron chi connectivity index (χ3n) is 10.3. The van der Waals surface area contributed by atoms with E-state index in [1.807, 2.05) is 17.3 Å². The second-order valence-corrected chi connectivity index (χ2v) is 12.6. The summed E-state index contributed by atoms with van der Waals surface area (Å²) >= 11 is 0. The zero-order valence-electron chi connectivity index (χ0n) is 24.5. The largest absolute Gasteiger partial charge is 0.437 e. The summed E-state index contributed by atoms with van der Waals surface area (Å²) < 4.78 is 57.1. The van der Waals surface area contributed by atoms with Gasteiger partial charge in [0.05, 0.1) is 11.0 Å². The molecule has 2 aromatic heterocycles. The molecule has 0 radical (unpaired) electrons. The molecule has 2 aromatic carbocycles. The summed E-state index contributed by atoms with van der Waals surface area (Å²) in [5.74, 6) is -0.0636. The number of hydrogen-bond donors (Lipinski definition) is 1. The van der Waals surface area contributed by atoms with Gasteiger partial charge in [0.1, 0.15) is 11.6 Å². The normalized spacial score (nSPS) is 23.8. The number of H-pyrrole nitrogens is 1. The van der Waals surface area contributed by atoms with Crippen molar-refractivity contribution in [1.82, 2.24) is 34.8 Å². The Morgan fingerprint density at radius 2 is 1.73 bits per heavy atom. The average molecular weight is 610 g/mol. The Labute approximate surface area is 252 Å². The van der Waals surface area contributed by atoms with E-state index in [4.69, 9.17) is 4.98 Å². The van der Waals surface area contributed by atoms with Crippen molar-refractivity contribution >= 4 is 16.9 Å². The lowest BCUT2D eigenvalue weighted by Crippen LogP contribution is -2.49. The molecule has 3 atom stereocenters. The van der Waals surface area contributed by atoms with Crippen molar-refractivity contribution in [2.75, 3.05) is 19.6 Å². The lowest BCUT2D eigenvalue weighted by atomic mass is 9.70. The molecule has 8 nitrogen and oxygen atoms in total. The number of aromatic amines is 1. The minimum Gasteiger partial charge on any atom is -0.337 e. The predicted molar refractivity (Wildman–Crippen MR) is 155 cm³/mol. The molecular formula is C32H35F4N7O. The number of nitrogens with zero attached hydrogens (tertiary/aromatic N) is 6. The number of halogens is 4. The summed E-state index contributed by atoms with van der Waals surface area (Å²) in [6, 6.07) is 16.2. The molecule has 3 fully saturated rings. The Hall–Kier alpha value is -3.80. The van der Waals surface area contributed by atoms with Crippen LogP contribution in [0, 0.1) is 12.7 Å². The fourth-order valence-electron chi connectivity index (χ4n) is 8.16. The topological polar surface area (TPSA) is 82.9 Å². The highest BCUT2D eigenvalue weighted by molar-refractivity contribution is 5.93. The van der Waals surface area contributed by atoms with E-state index in [2.05, 4.69) is 44.8 Å². The molecule has 7 rings (SSSR count). The zero-order chi connectivity index (χ0) is 30.6. The van der Waals surface area contributed by atoms with Crippen LogP contribution in [0.25, 0.3) is 11.0 Å². The van der Waals surface area contributed by atoms with Crippen LogP contribution in [0.2, 0.25) is 0 Å². The number of amides is 1. The van der Waals surface area contributed by atoms with E-state index in [1.165, 1.54) is 16.5 Å². The zero-order valence-corrected chi connectivity index (χ0v) is 24.5. The third-order valence-corrected chi connectivity index (χ3v) is 10.3. The fraction of sp³-hybridized carbons (Fsp3) is 0.500. The van der Waals surface area contributed by atoms with Crippen LogP contribution in [-0.2, 0) is 11.6 Å². The van der Waals surface area contributed by atoms with Gasteiger partial charge < -0.3 is 9.47 Å². The number of rotatable bonds is 6. The van der Waals surface area contributed by atoms with Gasteiger partial charge in [-0.2, -0.15) is 28.6 Å². The molecule has 232 valence electrons. The van der Waals surface area contributed by atoms with Gasteiger partial charge >= 0.3 is 6.18 Å². The molecule has 44 heavy (non-hydrogen) atoms. The van der Waals surface area contributed by atoms with Crippen LogP contribution in [0.15, 0.2) is 48.5 Å². The molecule has 3 aliphatic heterocycles. The lowest BCUT2D eigenvalue weighted by Gasteiger charge is -2.45. The number of imidazole rings is 1. The number of fused-ring (bicyclic) bond motifs is 3. The number of alkyl halides is 3. The minimum absolute atomic E-state index is 0.251. The second kappa shape index (κ2) is 11.0. The van der Waals surface area contributed by atoms with E-state index in [9.17, 15) is 22.4 Å². The first kappa shape index (κ1) is 28.9. The monoisotopic (exact) mass is 609 g/mol. The first-order valence-corrected chi connectivity index (χ1v) is 15.4. The molecule has 0 saturated carbocycles. The molecule has 0 aliphatic carbocycles. The van der Waals surface area contributed by atoms with Crippen molar-refractivity contribution in [3.8, 4) is 0 Å². The highest BCUT2D eigenvalue weighted by atomic mass is 19.4. The average Bonchev–Trinajstić information content (AvgIpc) is 3.69.